The highest BCUT2D eigenvalue weighted by molar-refractivity contribution is 8.02. The summed E-state index contributed by atoms with van der Waals surface area (Å²) in [5.41, 5.74) is 2.92. The zero-order chi connectivity index (χ0) is 29.6. The van der Waals surface area contributed by atoms with E-state index in [4.69, 9.17) is 11.6 Å². The van der Waals surface area contributed by atoms with Crippen molar-refractivity contribution < 1.29 is 19.5 Å². The monoisotopic (exact) mass is 603 g/mol. The van der Waals surface area contributed by atoms with Crippen LogP contribution in [0.2, 0.25) is 5.02 Å². The molecule has 6 rings (SSSR count). The number of anilines is 2. The van der Waals surface area contributed by atoms with Crippen molar-refractivity contribution in [3.63, 3.8) is 0 Å². The summed E-state index contributed by atoms with van der Waals surface area (Å²) < 4.78 is -1.34. The number of hydrogen-bond acceptors (Lipinski definition) is 5. The quantitative estimate of drug-likeness (QED) is 0.324. The molecule has 3 aliphatic rings. The van der Waals surface area contributed by atoms with Gasteiger partial charge in [-0.05, 0) is 62.4 Å². The van der Waals surface area contributed by atoms with Crippen molar-refractivity contribution in [2.24, 2.45) is 11.8 Å². The SMILES string of the molecule is Cc1cccc(Cl)c1NC(=O)C1N([C@@H](CO)Cc2ccccc2)C(=O)[C@@H]2[C@@H](C(=O)Nc3ccccc3)[C@@]3(C)CCC12S3. The molecule has 6 atom stereocenters. The van der Waals surface area contributed by atoms with Gasteiger partial charge >= 0.3 is 0 Å². The number of aliphatic hydroxyl groups excluding tert-OH is 1. The number of aliphatic hydroxyl groups is 1. The number of amides is 3. The van der Waals surface area contributed by atoms with Crippen LogP contribution >= 0.6 is 23.4 Å². The molecule has 218 valence electrons. The standard InChI is InChI=1S/C33H34ClN3O4S/c1-20-10-9-15-24(34)27(20)36-30(40)28-33-17-16-32(2,42-33)25(29(39)35-22-13-7-4-8-14-22)26(33)31(41)37(28)23(19-38)18-21-11-5-3-6-12-21/h3-15,23,25-26,28,38H,16-19H2,1-2H3,(H,35,39)(H,36,40)/t23-,25+,26+,28?,32-,33?/m1/s1. The predicted octanol–water partition coefficient (Wildman–Crippen LogP) is 5.31. The number of para-hydroxylation sites is 2. The first-order valence-corrected chi connectivity index (χ1v) is 15.5. The van der Waals surface area contributed by atoms with Crippen LogP contribution in [-0.2, 0) is 20.8 Å². The van der Waals surface area contributed by atoms with E-state index in [1.54, 1.807) is 22.7 Å². The maximum atomic E-state index is 14.6. The van der Waals surface area contributed by atoms with E-state index in [2.05, 4.69) is 10.6 Å². The molecule has 0 saturated carbocycles. The normalized spacial score (nSPS) is 28.4. The zero-order valence-corrected chi connectivity index (χ0v) is 25.1. The van der Waals surface area contributed by atoms with Gasteiger partial charge in [-0.1, -0.05) is 72.3 Å². The molecule has 3 aliphatic heterocycles. The summed E-state index contributed by atoms with van der Waals surface area (Å²) in [4.78, 5) is 44.5. The molecule has 1 spiro atoms. The Hall–Kier alpha value is -3.33. The number of halogens is 1. The second-order valence-corrected chi connectivity index (χ2v) is 14.1. The number of aryl methyl sites for hydroxylation is 1. The van der Waals surface area contributed by atoms with E-state index in [9.17, 15) is 19.5 Å². The number of fused-ring (bicyclic) bond motifs is 1. The number of likely N-dealkylation sites (tertiary alicyclic amines) is 1. The molecule has 0 aromatic heterocycles. The van der Waals surface area contributed by atoms with E-state index >= 15 is 0 Å². The van der Waals surface area contributed by atoms with Crippen LogP contribution in [0.15, 0.2) is 78.9 Å². The van der Waals surface area contributed by atoms with Gasteiger partial charge in [0.25, 0.3) is 0 Å². The highest BCUT2D eigenvalue weighted by Crippen LogP contribution is 2.71. The molecule has 0 aliphatic carbocycles. The largest absolute Gasteiger partial charge is 0.394 e. The molecular weight excluding hydrogens is 570 g/mol. The number of benzene rings is 3. The summed E-state index contributed by atoms with van der Waals surface area (Å²) in [7, 11) is 0. The number of carbonyl (C=O) groups excluding carboxylic acids is 3. The Bertz CT molecular complexity index is 1500. The molecule has 3 aromatic carbocycles. The van der Waals surface area contributed by atoms with E-state index in [0.29, 0.717) is 35.7 Å². The van der Waals surface area contributed by atoms with Crippen molar-refractivity contribution >= 4 is 52.5 Å². The van der Waals surface area contributed by atoms with Gasteiger partial charge in [0.15, 0.2) is 0 Å². The van der Waals surface area contributed by atoms with Crippen LogP contribution in [0.25, 0.3) is 0 Å². The lowest BCUT2D eigenvalue weighted by atomic mass is 9.66. The Morgan fingerprint density at radius 2 is 1.69 bits per heavy atom. The van der Waals surface area contributed by atoms with E-state index in [1.807, 2.05) is 86.6 Å². The lowest BCUT2D eigenvalue weighted by Gasteiger charge is -2.37. The van der Waals surface area contributed by atoms with Crippen LogP contribution in [0.5, 0.6) is 0 Å². The van der Waals surface area contributed by atoms with Gasteiger partial charge in [-0.3, -0.25) is 14.4 Å². The molecule has 2 unspecified atom stereocenters. The Balaban J connectivity index is 1.41. The number of nitrogens with zero attached hydrogens (tertiary/aromatic N) is 1. The van der Waals surface area contributed by atoms with Gasteiger partial charge in [0.2, 0.25) is 17.7 Å². The van der Waals surface area contributed by atoms with Crippen LogP contribution in [0.3, 0.4) is 0 Å². The van der Waals surface area contributed by atoms with Crippen molar-refractivity contribution in [3.05, 3.63) is 95.0 Å². The molecule has 42 heavy (non-hydrogen) atoms. The second kappa shape index (κ2) is 11.1. The maximum absolute atomic E-state index is 14.6. The van der Waals surface area contributed by atoms with E-state index in [0.717, 1.165) is 11.1 Å². The highest BCUT2D eigenvalue weighted by Gasteiger charge is 2.77. The predicted molar refractivity (Wildman–Crippen MR) is 166 cm³/mol. The Morgan fingerprint density at radius 1 is 1.00 bits per heavy atom. The van der Waals surface area contributed by atoms with E-state index in [-0.39, 0.29) is 24.3 Å². The maximum Gasteiger partial charge on any atom is 0.248 e. The number of nitrogens with one attached hydrogen (secondary N) is 2. The molecule has 2 bridgehead atoms. The summed E-state index contributed by atoms with van der Waals surface area (Å²) in [5, 5.41) is 17.1. The Kier molecular flexibility index (Phi) is 7.58. The van der Waals surface area contributed by atoms with Crippen LogP contribution in [0, 0.1) is 18.8 Å². The third-order valence-corrected chi connectivity index (χ3v) is 11.5. The minimum Gasteiger partial charge on any atom is -0.394 e. The molecule has 3 N–H and O–H groups in total. The van der Waals surface area contributed by atoms with Gasteiger partial charge in [-0.25, -0.2) is 0 Å². The molecule has 7 nitrogen and oxygen atoms in total. The van der Waals surface area contributed by atoms with E-state index < -0.39 is 33.4 Å². The fourth-order valence-electron chi connectivity index (χ4n) is 7.32. The van der Waals surface area contributed by atoms with Crippen LogP contribution in [0.1, 0.15) is 30.9 Å². The minimum atomic E-state index is -0.895. The average Bonchev–Trinajstić information content (AvgIpc) is 3.55. The second-order valence-electron chi connectivity index (χ2n) is 11.8. The molecular formula is C33H34ClN3O4S. The fourth-order valence-corrected chi connectivity index (χ4v) is 9.93. The number of hydrogen-bond donors (Lipinski definition) is 3. The summed E-state index contributed by atoms with van der Waals surface area (Å²) in [6.07, 6.45) is 1.68. The molecule has 3 fully saturated rings. The summed E-state index contributed by atoms with van der Waals surface area (Å²) >= 11 is 8.10. The Morgan fingerprint density at radius 3 is 2.36 bits per heavy atom. The lowest BCUT2D eigenvalue weighted by Crippen LogP contribution is -2.55. The van der Waals surface area contributed by atoms with Crippen molar-refractivity contribution in [2.45, 2.75) is 54.7 Å². The lowest BCUT2D eigenvalue weighted by molar-refractivity contribution is -0.141. The van der Waals surface area contributed by atoms with Gasteiger partial charge in [-0.15, -0.1) is 11.8 Å². The van der Waals surface area contributed by atoms with Crippen molar-refractivity contribution in [2.75, 3.05) is 17.2 Å². The summed E-state index contributed by atoms with van der Waals surface area (Å²) in [6, 6.07) is 22.7. The molecule has 9 heteroatoms. The molecule has 3 amide bonds. The van der Waals surface area contributed by atoms with Crippen LogP contribution < -0.4 is 10.6 Å². The van der Waals surface area contributed by atoms with Gasteiger partial charge in [0.05, 0.1) is 39.9 Å². The van der Waals surface area contributed by atoms with Crippen molar-refractivity contribution in [3.8, 4) is 0 Å². The molecule has 3 saturated heterocycles. The average molecular weight is 604 g/mol. The van der Waals surface area contributed by atoms with E-state index in [1.165, 1.54) is 0 Å². The third kappa shape index (κ3) is 4.70. The zero-order valence-electron chi connectivity index (χ0n) is 23.5. The first-order chi connectivity index (χ1) is 20.2. The smallest absolute Gasteiger partial charge is 0.248 e. The Labute approximate surface area is 255 Å². The fraction of sp³-hybridized carbons (Fsp3) is 0.364. The first kappa shape index (κ1) is 28.8. The summed E-state index contributed by atoms with van der Waals surface area (Å²) in [6.45, 7) is 3.59. The van der Waals surface area contributed by atoms with Crippen LogP contribution in [0.4, 0.5) is 11.4 Å². The topological polar surface area (TPSA) is 98.7 Å². The first-order valence-electron chi connectivity index (χ1n) is 14.3. The summed E-state index contributed by atoms with van der Waals surface area (Å²) in [5.74, 6) is -2.18. The highest BCUT2D eigenvalue weighted by atomic mass is 35.5. The van der Waals surface area contributed by atoms with Gasteiger partial charge in [0.1, 0.15) is 6.04 Å². The molecule has 3 heterocycles. The number of rotatable bonds is 8. The number of thioether (sulfide) groups is 1. The van der Waals surface area contributed by atoms with Crippen molar-refractivity contribution in [1.82, 2.24) is 4.90 Å². The third-order valence-electron chi connectivity index (χ3n) is 9.18. The van der Waals surface area contributed by atoms with Crippen molar-refractivity contribution in [1.29, 1.82) is 0 Å². The molecule has 3 aromatic rings. The van der Waals surface area contributed by atoms with Gasteiger partial charge in [0, 0.05) is 10.4 Å². The minimum absolute atomic E-state index is 0.220. The van der Waals surface area contributed by atoms with Gasteiger partial charge < -0.3 is 20.6 Å². The molecule has 0 radical (unpaired) electrons. The van der Waals surface area contributed by atoms with Gasteiger partial charge in [-0.2, -0.15) is 0 Å². The number of carbonyl (C=O) groups is 3. The van der Waals surface area contributed by atoms with Crippen LogP contribution in [-0.4, -0.2) is 55.9 Å².